The second-order valence-corrected chi connectivity index (χ2v) is 4.97. The Bertz CT molecular complexity index is 268. The van der Waals surface area contributed by atoms with Gasteiger partial charge in [0.2, 0.25) is 0 Å². The summed E-state index contributed by atoms with van der Waals surface area (Å²) in [6.45, 7) is 1.98. The molecule has 0 saturated heterocycles. The van der Waals surface area contributed by atoms with E-state index >= 15 is 0 Å². The van der Waals surface area contributed by atoms with Gasteiger partial charge in [-0.2, -0.15) is 8.42 Å². The molecule has 0 amide bonds. The predicted molar refractivity (Wildman–Crippen MR) is 45.8 cm³/mol. The normalized spacial score (nSPS) is 10.3. The molecular weight excluding hydrogens is 297 g/mol. The van der Waals surface area contributed by atoms with Crippen LogP contribution < -0.4 is 90.7 Å². The summed E-state index contributed by atoms with van der Waals surface area (Å²) >= 11 is 0. The summed E-state index contributed by atoms with van der Waals surface area (Å²) in [5, 5.41) is 0. The number of hydrogen-bond acceptors (Lipinski definition) is 5. The molecule has 11 heteroatoms. The minimum atomic E-state index is -5.14. The Hall–Kier alpha value is 2.66. The van der Waals surface area contributed by atoms with E-state index < -0.39 is 17.9 Å². The third-order valence-electron chi connectivity index (χ3n) is 1.01. The second kappa shape index (κ2) is 14.1. The van der Waals surface area contributed by atoms with Crippen LogP contribution in [0.15, 0.2) is 0 Å². The Morgan fingerprint density at radius 3 is 1.75 bits per heavy atom. The molecule has 0 aromatic carbocycles. The smallest absolute Gasteiger partial charge is 0.790 e. The molecule has 0 aromatic rings. The first-order valence-corrected chi connectivity index (χ1v) is 6.86. The summed E-state index contributed by atoms with van der Waals surface area (Å²) in [5.74, 6) is -0.0964. The van der Waals surface area contributed by atoms with Crippen molar-refractivity contribution in [3.63, 3.8) is 0 Å². The van der Waals surface area contributed by atoms with Crippen LogP contribution in [-0.2, 0) is 14.7 Å². The quantitative estimate of drug-likeness (QED) is 0.228. The van der Waals surface area contributed by atoms with Gasteiger partial charge in [-0.05, 0) is 6.42 Å². The van der Waals surface area contributed by atoms with Crippen molar-refractivity contribution < 1.29 is 113 Å². The fourth-order valence-electron chi connectivity index (χ4n) is 0.534. The maximum absolute atomic E-state index is 10.1. The van der Waals surface area contributed by atoms with Crippen molar-refractivity contribution in [1.29, 1.82) is 0 Å². The minimum Gasteiger partial charge on any atom is -0.790 e. The van der Waals surface area contributed by atoms with Crippen LogP contribution in [0.5, 0.6) is 0 Å². The molecule has 0 spiro atoms. The molecule has 2 N–H and O–H groups in total. The zero-order chi connectivity index (χ0) is 11.8. The van der Waals surface area contributed by atoms with E-state index in [9.17, 15) is 8.42 Å². The van der Waals surface area contributed by atoms with Crippen LogP contribution in [0, 0.1) is 0 Å². The maximum Gasteiger partial charge on any atom is 1.00 e. The zero-order valence-corrected chi connectivity index (χ0v) is 16.5. The molecule has 0 aliphatic heterocycles. The van der Waals surface area contributed by atoms with Gasteiger partial charge < -0.3 is 19.2 Å². The van der Waals surface area contributed by atoms with E-state index in [-0.39, 0.29) is 86.7 Å². The van der Waals surface area contributed by atoms with E-state index in [2.05, 4.69) is 0 Å². The topological polar surface area (TPSA) is 138 Å². The van der Waals surface area contributed by atoms with Crippen molar-refractivity contribution in [2.75, 3.05) is 5.75 Å². The fraction of sp³-hybridized carbons (Fsp3) is 1.00. The molecule has 0 bridgehead atoms. The summed E-state index contributed by atoms with van der Waals surface area (Å²) < 4.78 is 37.0. The first kappa shape index (κ1) is 27.1. The van der Waals surface area contributed by atoms with E-state index in [0.717, 1.165) is 12.8 Å². The molecule has 0 aliphatic carbocycles. The van der Waals surface area contributed by atoms with E-state index in [1.54, 1.807) is 0 Å². The molecule has 16 heavy (non-hydrogen) atoms. The fourth-order valence-corrected chi connectivity index (χ4v) is 1.10. The maximum atomic E-state index is 10.1. The minimum absolute atomic E-state index is 0. The van der Waals surface area contributed by atoms with Crippen molar-refractivity contribution in [3.05, 3.63) is 0 Å². The van der Waals surface area contributed by atoms with E-state index in [1.807, 2.05) is 6.92 Å². The summed E-state index contributed by atoms with van der Waals surface area (Å²) in [4.78, 5) is 24.3. The summed E-state index contributed by atoms with van der Waals surface area (Å²) in [7, 11) is -8.84. The van der Waals surface area contributed by atoms with Crippen LogP contribution in [0.3, 0.4) is 0 Å². The molecule has 0 aromatic heterocycles. The van der Waals surface area contributed by atoms with Crippen LogP contribution in [-0.4, -0.2) is 23.6 Å². The van der Waals surface area contributed by atoms with Gasteiger partial charge in [0.25, 0.3) is 10.1 Å². The average Bonchev–Trinajstić information content (AvgIpc) is 1.80. The van der Waals surface area contributed by atoms with Gasteiger partial charge in [0, 0.05) is 0 Å². The Balaban J connectivity index is -0.0000000904. The monoisotopic (exact) mass is 310 g/mol. The van der Waals surface area contributed by atoms with E-state index in [1.165, 1.54) is 0 Å². The summed E-state index contributed by atoms with van der Waals surface area (Å²) in [6, 6.07) is 0. The Kier molecular flexibility index (Phi) is 23.8. The van der Waals surface area contributed by atoms with Crippen LogP contribution in [0.4, 0.5) is 0 Å². The summed E-state index contributed by atoms with van der Waals surface area (Å²) in [6.07, 6.45) is 2.39. The number of rotatable bonds is 4. The van der Waals surface area contributed by atoms with Crippen LogP contribution in [0.2, 0.25) is 0 Å². The van der Waals surface area contributed by atoms with E-state index in [0.29, 0.717) is 6.42 Å². The van der Waals surface area contributed by atoms with Crippen LogP contribution in [0.25, 0.3) is 0 Å². The van der Waals surface area contributed by atoms with Crippen LogP contribution >= 0.6 is 7.82 Å². The molecule has 0 unspecified atom stereocenters. The first-order valence-electron chi connectivity index (χ1n) is 3.76. The molecule has 0 fully saturated rings. The SMILES string of the molecule is CCCCCS(=O)(=O)O.O=P([O-])([O-])O.[K+].[Na+]. The largest absolute Gasteiger partial charge is 1.00 e. The van der Waals surface area contributed by atoms with Gasteiger partial charge >= 0.3 is 80.9 Å². The molecule has 0 radical (unpaired) electrons. The van der Waals surface area contributed by atoms with Crippen molar-refractivity contribution in [1.82, 2.24) is 0 Å². The molecule has 0 heterocycles. The molecule has 0 atom stereocenters. The Morgan fingerprint density at radius 1 is 1.25 bits per heavy atom. The summed E-state index contributed by atoms with van der Waals surface area (Å²) in [5.41, 5.74) is 0. The van der Waals surface area contributed by atoms with Crippen LogP contribution in [0.1, 0.15) is 26.2 Å². The van der Waals surface area contributed by atoms with Crippen molar-refractivity contribution >= 4 is 17.9 Å². The van der Waals surface area contributed by atoms with Crippen molar-refractivity contribution in [3.8, 4) is 0 Å². The molecule has 88 valence electrons. The predicted octanol–water partition coefficient (Wildman–Crippen LogP) is -7.12. The zero-order valence-electron chi connectivity index (χ0n) is 9.62. The number of unbranched alkanes of at least 4 members (excludes halogenated alkanes) is 2. The number of phosphoric acid groups is 1. The van der Waals surface area contributed by atoms with Gasteiger partial charge in [-0.25, -0.2) is 0 Å². The van der Waals surface area contributed by atoms with Gasteiger partial charge in [0.05, 0.1) is 13.6 Å². The average molecular weight is 310 g/mol. The molecule has 0 aliphatic rings. The van der Waals surface area contributed by atoms with Gasteiger partial charge in [-0.3, -0.25) is 4.55 Å². The third-order valence-corrected chi connectivity index (χ3v) is 1.81. The number of hydrogen-bond donors (Lipinski definition) is 2. The molecule has 7 nitrogen and oxygen atoms in total. The van der Waals surface area contributed by atoms with Gasteiger partial charge in [0.15, 0.2) is 0 Å². The molecule has 0 rings (SSSR count). The van der Waals surface area contributed by atoms with Crippen molar-refractivity contribution in [2.45, 2.75) is 26.2 Å². The Morgan fingerprint density at radius 2 is 1.56 bits per heavy atom. The van der Waals surface area contributed by atoms with Gasteiger partial charge in [-0.1, -0.05) is 19.8 Å². The van der Waals surface area contributed by atoms with Crippen molar-refractivity contribution in [2.24, 2.45) is 0 Å². The third kappa shape index (κ3) is 54.5. The second-order valence-electron chi connectivity index (χ2n) is 2.46. The van der Waals surface area contributed by atoms with Gasteiger partial charge in [0.1, 0.15) is 0 Å². The van der Waals surface area contributed by atoms with E-state index in [4.69, 9.17) is 23.8 Å². The molecule has 0 saturated carbocycles. The standard InChI is InChI=1S/C5H12O3S.K.Na.H3O4P/c1-2-3-4-5-9(6,7)8;;;1-5(2,3)4/h2-5H2,1H3,(H,6,7,8);;;(H3,1,2,3,4)/q;2*+1;/p-2. The van der Waals surface area contributed by atoms with Gasteiger partial charge in [-0.15, -0.1) is 0 Å². The Labute approximate surface area is 160 Å². The molecular formula is C5H13KNaO7PS. The first-order chi connectivity index (χ1) is 6.06.